The molecule has 2 aliphatic heterocycles. The van der Waals surface area contributed by atoms with Crippen molar-refractivity contribution in [3.05, 3.63) is 33.4 Å². The van der Waals surface area contributed by atoms with Gasteiger partial charge in [-0.05, 0) is 12.8 Å². The Morgan fingerprint density at radius 1 is 1.29 bits per heavy atom. The van der Waals surface area contributed by atoms with Crippen molar-refractivity contribution in [1.29, 1.82) is 0 Å². The zero-order chi connectivity index (χ0) is 16.5. The van der Waals surface area contributed by atoms with Gasteiger partial charge in [0, 0.05) is 42.4 Å². The Morgan fingerprint density at radius 2 is 2.17 bits per heavy atom. The molecule has 1 aromatic carbocycles. The van der Waals surface area contributed by atoms with E-state index in [4.69, 9.17) is 14.2 Å². The molecule has 0 bridgehead atoms. The number of non-ortho nitro benzene ring substituents is 1. The molecule has 7 heteroatoms. The highest BCUT2D eigenvalue weighted by molar-refractivity contribution is 5.50. The van der Waals surface area contributed by atoms with Gasteiger partial charge < -0.3 is 14.2 Å². The van der Waals surface area contributed by atoms with Crippen molar-refractivity contribution in [1.82, 2.24) is 4.90 Å². The van der Waals surface area contributed by atoms with Gasteiger partial charge in [-0.25, -0.2) is 0 Å². The van der Waals surface area contributed by atoms with Crippen LogP contribution in [-0.4, -0.2) is 41.9 Å². The standard InChI is InChI=1S/C17H22N2O5/c20-19(21)14-7-12(17-13(8-14)10-22-11-24-17)9-18-5-6-23-16-4-2-1-3-15(16)18/h7-8,15-16H,1-6,9-11H2/t15-,16+/m0/s1. The second-order valence-electron chi connectivity index (χ2n) is 6.69. The minimum Gasteiger partial charge on any atom is -0.467 e. The van der Waals surface area contributed by atoms with E-state index in [1.807, 2.05) is 0 Å². The third kappa shape index (κ3) is 2.99. The van der Waals surface area contributed by atoms with Crippen molar-refractivity contribution in [2.45, 2.75) is 51.0 Å². The molecule has 1 aliphatic carbocycles. The smallest absolute Gasteiger partial charge is 0.270 e. The molecule has 2 fully saturated rings. The van der Waals surface area contributed by atoms with Gasteiger partial charge in [0.25, 0.3) is 5.69 Å². The highest BCUT2D eigenvalue weighted by Gasteiger charge is 2.35. The lowest BCUT2D eigenvalue weighted by Gasteiger charge is -2.44. The van der Waals surface area contributed by atoms with E-state index in [9.17, 15) is 10.1 Å². The number of morpholine rings is 1. The van der Waals surface area contributed by atoms with Crippen LogP contribution in [0.4, 0.5) is 5.69 Å². The molecule has 0 unspecified atom stereocenters. The summed E-state index contributed by atoms with van der Waals surface area (Å²) < 4.78 is 16.9. The molecule has 4 rings (SSSR count). The van der Waals surface area contributed by atoms with Gasteiger partial charge in [-0.1, -0.05) is 12.8 Å². The molecule has 3 aliphatic rings. The van der Waals surface area contributed by atoms with Gasteiger partial charge in [-0.2, -0.15) is 0 Å². The zero-order valence-corrected chi connectivity index (χ0v) is 13.6. The third-order valence-electron chi connectivity index (χ3n) is 5.20. The number of nitrogens with zero attached hydrogens (tertiary/aromatic N) is 2. The minimum atomic E-state index is -0.346. The largest absolute Gasteiger partial charge is 0.467 e. The highest BCUT2D eigenvalue weighted by Crippen LogP contribution is 2.36. The van der Waals surface area contributed by atoms with Crippen LogP contribution < -0.4 is 4.74 Å². The minimum absolute atomic E-state index is 0.103. The summed E-state index contributed by atoms with van der Waals surface area (Å²) in [5.74, 6) is 0.755. The predicted octanol–water partition coefficient (Wildman–Crippen LogP) is 2.60. The van der Waals surface area contributed by atoms with Crippen LogP contribution in [0, 0.1) is 10.1 Å². The molecule has 2 heterocycles. The van der Waals surface area contributed by atoms with E-state index >= 15 is 0 Å². The Balaban J connectivity index is 1.63. The SMILES string of the molecule is O=[N+]([O-])c1cc2c(c(CN3CCO[C@@H]4CCCC[C@@H]43)c1)OCOC2. The average molecular weight is 334 g/mol. The van der Waals surface area contributed by atoms with Crippen LogP contribution in [0.3, 0.4) is 0 Å². The lowest BCUT2D eigenvalue weighted by Crippen LogP contribution is -2.52. The average Bonchev–Trinajstić information content (AvgIpc) is 2.62. The van der Waals surface area contributed by atoms with Gasteiger partial charge in [0.1, 0.15) is 5.75 Å². The molecular weight excluding hydrogens is 312 g/mol. The molecule has 2 atom stereocenters. The lowest BCUT2D eigenvalue weighted by molar-refractivity contribution is -0.385. The molecule has 0 radical (unpaired) electrons. The first-order chi connectivity index (χ1) is 11.7. The quantitative estimate of drug-likeness (QED) is 0.625. The van der Waals surface area contributed by atoms with E-state index < -0.39 is 0 Å². The van der Waals surface area contributed by atoms with Gasteiger partial charge in [0.2, 0.25) is 0 Å². The van der Waals surface area contributed by atoms with Gasteiger partial charge in [0.15, 0.2) is 6.79 Å². The summed E-state index contributed by atoms with van der Waals surface area (Å²) in [6.45, 7) is 2.80. The normalized spacial score (nSPS) is 27.0. The number of rotatable bonds is 3. The molecule has 1 saturated carbocycles. The summed E-state index contributed by atoms with van der Waals surface area (Å²) in [5, 5.41) is 11.2. The monoisotopic (exact) mass is 334 g/mol. The number of fused-ring (bicyclic) bond motifs is 2. The molecule has 1 saturated heterocycles. The van der Waals surface area contributed by atoms with Gasteiger partial charge >= 0.3 is 0 Å². The van der Waals surface area contributed by atoms with E-state index in [0.29, 0.717) is 25.3 Å². The van der Waals surface area contributed by atoms with E-state index in [2.05, 4.69) is 4.90 Å². The lowest BCUT2D eigenvalue weighted by atomic mass is 9.89. The maximum Gasteiger partial charge on any atom is 0.270 e. The number of nitro groups is 1. The molecular formula is C17H22N2O5. The summed E-state index contributed by atoms with van der Waals surface area (Å²) >= 11 is 0. The molecule has 0 aromatic heterocycles. The number of ether oxygens (including phenoxy) is 3. The fraction of sp³-hybridized carbons (Fsp3) is 0.647. The number of benzene rings is 1. The highest BCUT2D eigenvalue weighted by atomic mass is 16.7. The summed E-state index contributed by atoms with van der Waals surface area (Å²) in [6.07, 6.45) is 4.98. The fourth-order valence-corrected chi connectivity index (χ4v) is 4.10. The van der Waals surface area contributed by atoms with Crippen molar-refractivity contribution >= 4 is 5.69 Å². The van der Waals surface area contributed by atoms with E-state index in [-0.39, 0.29) is 17.4 Å². The summed E-state index contributed by atoms with van der Waals surface area (Å²) in [6, 6.07) is 3.61. The number of hydrogen-bond donors (Lipinski definition) is 0. The van der Waals surface area contributed by atoms with E-state index in [1.165, 1.54) is 12.8 Å². The topological polar surface area (TPSA) is 74.1 Å². The summed E-state index contributed by atoms with van der Waals surface area (Å²) in [5.41, 5.74) is 1.75. The maximum absolute atomic E-state index is 11.2. The Labute approximate surface area is 140 Å². The van der Waals surface area contributed by atoms with Crippen LogP contribution in [0.1, 0.15) is 36.8 Å². The molecule has 130 valence electrons. The Morgan fingerprint density at radius 3 is 3.04 bits per heavy atom. The van der Waals surface area contributed by atoms with Crippen molar-refractivity contribution in [2.24, 2.45) is 0 Å². The molecule has 24 heavy (non-hydrogen) atoms. The first-order valence-electron chi connectivity index (χ1n) is 8.59. The van der Waals surface area contributed by atoms with Crippen LogP contribution in [0.5, 0.6) is 5.75 Å². The second-order valence-corrected chi connectivity index (χ2v) is 6.69. The predicted molar refractivity (Wildman–Crippen MR) is 85.8 cm³/mol. The summed E-state index contributed by atoms with van der Waals surface area (Å²) in [7, 11) is 0. The first-order valence-corrected chi connectivity index (χ1v) is 8.59. The molecule has 7 nitrogen and oxygen atoms in total. The van der Waals surface area contributed by atoms with Crippen molar-refractivity contribution in [3.8, 4) is 5.75 Å². The fourth-order valence-electron chi connectivity index (χ4n) is 4.10. The van der Waals surface area contributed by atoms with Gasteiger partial charge in [0.05, 0.1) is 24.2 Å². The van der Waals surface area contributed by atoms with Crippen LogP contribution in [0.15, 0.2) is 12.1 Å². The molecule has 0 N–H and O–H groups in total. The van der Waals surface area contributed by atoms with Crippen LogP contribution >= 0.6 is 0 Å². The van der Waals surface area contributed by atoms with Crippen LogP contribution in [0.25, 0.3) is 0 Å². The third-order valence-corrected chi connectivity index (χ3v) is 5.20. The van der Waals surface area contributed by atoms with E-state index in [1.54, 1.807) is 12.1 Å². The van der Waals surface area contributed by atoms with Crippen LogP contribution in [0.2, 0.25) is 0 Å². The Hall–Kier alpha value is -1.70. The first kappa shape index (κ1) is 15.8. The van der Waals surface area contributed by atoms with Crippen molar-refractivity contribution in [3.63, 3.8) is 0 Å². The van der Waals surface area contributed by atoms with Crippen molar-refractivity contribution in [2.75, 3.05) is 19.9 Å². The second kappa shape index (κ2) is 6.66. The number of nitro benzene ring substituents is 1. The molecule has 0 amide bonds. The zero-order valence-electron chi connectivity index (χ0n) is 13.6. The van der Waals surface area contributed by atoms with Crippen LogP contribution in [-0.2, 0) is 22.6 Å². The van der Waals surface area contributed by atoms with Gasteiger partial charge in [-0.15, -0.1) is 0 Å². The van der Waals surface area contributed by atoms with Crippen molar-refractivity contribution < 1.29 is 19.1 Å². The Kier molecular flexibility index (Phi) is 4.39. The maximum atomic E-state index is 11.2. The Bertz CT molecular complexity index is 634. The van der Waals surface area contributed by atoms with Gasteiger partial charge in [-0.3, -0.25) is 15.0 Å². The molecule has 0 spiro atoms. The van der Waals surface area contributed by atoms with E-state index in [0.717, 1.165) is 42.9 Å². The summed E-state index contributed by atoms with van der Waals surface area (Å²) in [4.78, 5) is 13.3. The number of hydrogen-bond acceptors (Lipinski definition) is 6. The molecule has 1 aromatic rings.